The van der Waals surface area contributed by atoms with Crippen LogP contribution in [0.1, 0.15) is 153 Å². The number of benzene rings is 10. The maximum atomic E-state index is 10.0. The second kappa shape index (κ2) is 60.7. The van der Waals surface area contributed by atoms with Crippen molar-refractivity contribution in [1.29, 1.82) is 0 Å². The molecule has 0 amide bonds. The first-order valence-electron chi connectivity index (χ1n) is 44.2. The predicted molar refractivity (Wildman–Crippen MR) is 559 cm³/mol. The van der Waals surface area contributed by atoms with E-state index in [9.17, 15) is 24.0 Å². The summed E-state index contributed by atoms with van der Waals surface area (Å²) in [5.74, 6) is -0.312. The molecule has 5 aromatic heterocycles. The number of aliphatic hydroxyl groups is 5. The van der Waals surface area contributed by atoms with Crippen LogP contribution in [0.2, 0.25) is 19.6 Å². The van der Waals surface area contributed by atoms with E-state index in [4.69, 9.17) is 45.5 Å². The number of aryl methyl sites for hydroxylation is 15. The molecule has 0 aliphatic heterocycles. The van der Waals surface area contributed by atoms with Gasteiger partial charge in [-0.25, -0.2) is 0 Å². The van der Waals surface area contributed by atoms with Crippen molar-refractivity contribution in [2.75, 3.05) is 0 Å². The number of fused-ring (bicyclic) bond motifs is 5. The molecule has 0 spiro atoms. The van der Waals surface area contributed by atoms with Gasteiger partial charge in [-0.15, -0.1) is 175 Å². The first-order valence-corrected chi connectivity index (χ1v) is 47.7. The third kappa shape index (κ3) is 44.4. The largest absolute Gasteiger partial charge is 0.512 e. The maximum Gasteiger partial charge on any atom is 0.155 e. The van der Waals surface area contributed by atoms with Gasteiger partial charge in [0.2, 0.25) is 0 Å². The summed E-state index contributed by atoms with van der Waals surface area (Å²) in [6.45, 7) is 52.9. The minimum absolute atomic E-state index is 0. The van der Waals surface area contributed by atoms with E-state index in [1.807, 2.05) is 12.3 Å². The molecule has 139 heavy (non-hydrogen) atoms. The SMILES string of the molecule is CC(=O)C=C(C)O.CC(=O)C=C(C)O.CC(=O)C=C(C)O.CC(=O)C=C(C)O.CC(=O)C=C(C)O.Cc1[c-]c(-c2cc(C)c3ccc(C)cc3n2)cc(C)c1.Cc1[c-]c(-c2ccc3c(C)cc(C)cc3n2)cc(C)c1.Cc1[c-]c(-c2ccc3cc(C)ccc3n2)cc(C)c1.Cc1[c-]c(-c2ccc3cc([Si](C)(C)C)ccc3n2)cc(C)c1.Cc1[c-]c(-c2ncc3ccccc3c2C)ccc1.[Ir].[Ir].[Ir].[Ir].[Ir]. The van der Waals surface area contributed by atoms with Crippen LogP contribution in [0.15, 0.2) is 266 Å². The van der Waals surface area contributed by atoms with Crippen LogP contribution in [0.25, 0.3) is 111 Å². The topological polar surface area (TPSA) is 251 Å². The van der Waals surface area contributed by atoms with Crippen molar-refractivity contribution in [3.05, 3.63) is 379 Å². The van der Waals surface area contributed by atoms with Crippen LogP contribution in [0.5, 0.6) is 0 Å². The maximum absolute atomic E-state index is 10.0. The monoisotopic (exact) mass is 2770 g/mol. The molecule has 0 atom stereocenters. The molecule has 0 saturated heterocycles. The van der Waals surface area contributed by atoms with Crippen molar-refractivity contribution in [3.63, 3.8) is 0 Å². The average molecular weight is 2770 g/mol. The van der Waals surface area contributed by atoms with Gasteiger partial charge in [-0.05, 0) is 213 Å². The molecule has 0 saturated carbocycles. The van der Waals surface area contributed by atoms with Gasteiger partial charge in [0.05, 0.1) is 58.9 Å². The smallest absolute Gasteiger partial charge is 0.155 e. The molecular weight excluding hydrogens is 2640 g/mol. The Kier molecular flexibility index (Phi) is 54.9. The molecule has 15 rings (SSSR count). The summed E-state index contributed by atoms with van der Waals surface area (Å²) in [6, 6.07) is 87.4. The van der Waals surface area contributed by atoms with Gasteiger partial charge >= 0.3 is 0 Å². The van der Waals surface area contributed by atoms with Crippen LogP contribution in [-0.2, 0) is 124 Å². The van der Waals surface area contributed by atoms with E-state index in [0.717, 1.165) is 106 Å². The van der Waals surface area contributed by atoms with Crippen molar-refractivity contribution in [2.45, 2.75) is 193 Å². The van der Waals surface area contributed by atoms with Gasteiger partial charge in [0, 0.05) is 148 Å². The summed E-state index contributed by atoms with van der Waals surface area (Å²) in [4.78, 5) is 73.9. The molecule has 0 fully saturated rings. The van der Waals surface area contributed by atoms with Crippen molar-refractivity contribution in [2.24, 2.45) is 0 Å². The minimum Gasteiger partial charge on any atom is -0.512 e. The Hall–Kier alpha value is -11.2. The molecule has 5 radical (unpaired) electrons. The summed E-state index contributed by atoms with van der Waals surface area (Å²) < 4.78 is 0. The van der Waals surface area contributed by atoms with Gasteiger partial charge < -0.3 is 30.5 Å². The molecule has 21 heteroatoms. The van der Waals surface area contributed by atoms with Gasteiger partial charge in [-0.2, -0.15) is 0 Å². The molecule has 5 N–H and O–H groups in total. The normalized spacial score (nSPS) is 10.8. The fourth-order valence-electron chi connectivity index (χ4n) is 14.4. The Balaban J connectivity index is 0.000000794. The molecule has 15 aromatic rings. The summed E-state index contributed by atoms with van der Waals surface area (Å²) in [7, 11) is -1.28. The fourth-order valence-corrected chi connectivity index (χ4v) is 15.6. The van der Waals surface area contributed by atoms with Crippen LogP contribution in [0.4, 0.5) is 0 Å². The minimum atomic E-state index is -1.28. The van der Waals surface area contributed by atoms with Gasteiger partial charge in [0.15, 0.2) is 28.9 Å². The zero-order valence-electron chi connectivity index (χ0n) is 84.7. The number of pyridine rings is 5. The zero-order chi connectivity index (χ0) is 99.7. The molecule has 15 nitrogen and oxygen atoms in total. The standard InChI is InChI=1S/C20H22NSi.2C19H18N.C18H16N.C17H14N.5C5H8O2.5Ir/c1-14-10-15(2)12-17(11-14)20-8-6-16-13-18(22(3,4)5)7-9-19(16)21-20;1-12-7-13(2)10-16(9-12)18-6-5-17-15(4)8-14(3)11-19(17)20-18;1-12-5-6-17-15(4)11-18(20-19(17)10-12)16-8-13(2)7-14(3)9-16;1-12-4-6-17-15(9-12)5-7-18(19-17)16-10-13(2)8-14(3)11-16;1-12-6-5-8-14(10-12)17-13(2)16-9-4-3-7-15(16)11-18-17;5*1-4(6)3-5(2)7;;;;;/h6-11,13H,1-5H3;5-9,11H,1-4H3;5-8,10-11H,1-4H3;4-10H,1-3H3;3-9,11H,1-2H3;5*3,6H,1-2H3;;;;;/q5*-1;;;;;;;;;;. The first-order chi connectivity index (χ1) is 62.9. The zero-order valence-corrected chi connectivity index (χ0v) is 97.7. The number of hydrogen-bond acceptors (Lipinski definition) is 15. The Morgan fingerprint density at radius 2 is 0.597 bits per heavy atom. The number of ketones is 5. The quantitative estimate of drug-likeness (QED) is 0.0349. The summed E-state index contributed by atoms with van der Waals surface area (Å²) >= 11 is 0. The van der Waals surface area contributed by atoms with E-state index in [-0.39, 0.29) is 158 Å². The average Bonchev–Trinajstić information content (AvgIpc) is 0.807. The number of hydrogen-bond donors (Lipinski definition) is 5. The molecule has 739 valence electrons. The predicted octanol–water partition coefficient (Wildman–Crippen LogP) is 28.9. The molecule has 0 aliphatic rings. The third-order valence-electron chi connectivity index (χ3n) is 19.7. The van der Waals surface area contributed by atoms with E-state index in [1.54, 1.807) is 0 Å². The van der Waals surface area contributed by atoms with Gasteiger partial charge in [-0.1, -0.05) is 201 Å². The van der Waals surface area contributed by atoms with Gasteiger partial charge in [-0.3, -0.25) is 43.9 Å². The Morgan fingerprint density at radius 3 is 0.978 bits per heavy atom. The molecule has 0 unspecified atom stereocenters. The van der Waals surface area contributed by atoms with Crippen molar-refractivity contribution in [1.82, 2.24) is 24.9 Å². The summed E-state index contributed by atoms with van der Waals surface area (Å²) in [6.07, 6.45) is 7.77. The van der Waals surface area contributed by atoms with E-state index in [1.165, 1.54) is 193 Å². The number of rotatable bonds is 11. The van der Waals surface area contributed by atoms with Crippen LogP contribution in [0.3, 0.4) is 0 Å². The van der Waals surface area contributed by atoms with Crippen LogP contribution >= 0.6 is 0 Å². The third-order valence-corrected chi connectivity index (χ3v) is 21.8. The van der Waals surface area contributed by atoms with E-state index >= 15 is 0 Å². The number of aliphatic hydroxyl groups excluding tert-OH is 5. The van der Waals surface area contributed by atoms with Crippen LogP contribution < -0.4 is 5.19 Å². The van der Waals surface area contributed by atoms with E-state index < -0.39 is 8.07 Å². The summed E-state index contributed by atoms with van der Waals surface area (Å²) in [5.41, 5.74) is 32.9. The molecule has 0 aliphatic carbocycles. The second-order valence-corrected chi connectivity index (χ2v) is 40.1. The molecule has 0 bridgehead atoms. The Bertz CT molecular complexity index is 6650. The van der Waals surface area contributed by atoms with Gasteiger partial charge in [0.25, 0.3) is 0 Å². The Labute approximate surface area is 891 Å². The molecule has 10 aromatic carbocycles. The number of aromatic nitrogens is 5. The number of carbonyl (C=O) groups excluding carboxylic acids is 5. The van der Waals surface area contributed by atoms with Gasteiger partial charge in [0.1, 0.15) is 0 Å². The molecular formula is C118H128Ir5N5O10Si-5. The van der Waals surface area contributed by atoms with E-state index in [2.05, 4.69) is 353 Å². The van der Waals surface area contributed by atoms with E-state index in [0.29, 0.717) is 0 Å². The van der Waals surface area contributed by atoms with Crippen LogP contribution in [0, 0.1) is 134 Å². The van der Waals surface area contributed by atoms with Crippen molar-refractivity contribution >= 4 is 96.6 Å². The first kappa shape index (κ1) is 126. The summed E-state index contributed by atoms with van der Waals surface area (Å²) in [5, 5.41) is 50.6. The Morgan fingerprint density at radius 1 is 0.273 bits per heavy atom. The second-order valence-electron chi connectivity index (χ2n) is 35.0. The number of carbonyl (C=O) groups is 5. The van der Waals surface area contributed by atoms with Crippen LogP contribution in [-0.4, -0.2) is 87.4 Å². The fraction of sp³-hybridized carbons (Fsp3) is 0.237. The van der Waals surface area contributed by atoms with Crippen molar-refractivity contribution < 1.29 is 150 Å². The number of allylic oxidation sites excluding steroid dienone is 10. The molecule has 5 heterocycles. The van der Waals surface area contributed by atoms with Crippen molar-refractivity contribution in [3.8, 4) is 56.3 Å². The number of nitrogens with zero attached hydrogens (tertiary/aromatic N) is 5.